The first-order chi connectivity index (χ1) is 11.5. The summed E-state index contributed by atoms with van der Waals surface area (Å²) in [6.45, 7) is 4.03. The van der Waals surface area contributed by atoms with Crippen molar-refractivity contribution in [2.24, 2.45) is 5.10 Å². The van der Waals surface area contributed by atoms with Gasteiger partial charge in [0.25, 0.3) is 5.91 Å². The molecule has 7 nitrogen and oxygen atoms in total. The number of carbonyl (C=O) groups excluding carboxylic acids is 2. The molecule has 124 valence electrons. The summed E-state index contributed by atoms with van der Waals surface area (Å²) in [5.41, 5.74) is 0.949. The Kier molecular flexibility index (Phi) is 4.66. The molecule has 3 rings (SSSR count). The number of para-hydroxylation sites is 1. The van der Waals surface area contributed by atoms with E-state index in [4.69, 9.17) is 0 Å². The molecule has 1 aromatic heterocycles. The number of anilines is 2. The van der Waals surface area contributed by atoms with Crippen LogP contribution in [0.3, 0.4) is 0 Å². The summed E-state index contributed by atoms with van der Waals surface area (Å²) >= 11 is 1.34. The molecule has 8 heteroatoms. The summed E-state index contributed by atoms with van der Waals surface area (Å²) in [5, 5.41) is 17.5. The number of amides is 2. The van der Waals surface area contributed by atoms with Gasteiger partial charge in [0.15, 0.2) is 0 Å². The lowest BCUT2D eigenvalue weighted by Crippen LogP contribution is -2.36. The molecule has 0 atom stereocenters. The number of benzene rings is 1. The summed E-state index contributed by atoms with van der Waals surface area (Å²) < 4.78 is 0. The number of nitrogens with one attached hydrogen (secondary N) is 1. The SMILES string of the molecule is CC(C)c1nnc(NC(=O)C2=NN(c3ccccc3)C(=O)CC2)s1. The van der Waals surface area contributed by atoms with Gasteiger partial charge in [-0.1, -0.05) is 43.4 Å². The second kappa shape index (κ2) is 6.88. The third-order valence-corrected chi connectivity index (χ3v) is 4.59. The Bertz CT molecular complexity index is 785. The minimum Gasteiger partial charge on any atom is -0.295 e. The first-order valence-corrected chi connectivity index (χ1v) is 8.46. The predicted octanol–water partition coefficient (Wildman–Crippen LogP) is 2.78. The van der Waals surface area contributed by atoms with Gasteiger partial charge in [-0.2, -0.15) is 5.10 Å². The van der Waals surface area contributed by atoms with Gasteiger partial charge in [0.05, 0.1) is 5.69 Å². The number of nitrogens with zero attached hydrogens (tertiary/aromatic N) is 4. The van der Waals surface area contributed by atoms with Crippen LogP contribution in [0.5, 0.6) is 0 Å². The molecule has 2 heterocycles. The minimum atomic E-state index is -0.352. The van der Waals surface area contributed by atoms with Crippen molar-refractivity contribution < 1.29 is 9.59 Å². The molecule has 1 aliphatic heterocycles. The zero-order chi connectivity index (χ0) is 17.1. The molecule has 0 spiro atoms. The summed E-state index contributed by atoms with van der Waals surface area (Å²) in [4.78, 5) is 24.5. The fraction of sp³-hybridized carbons (Fsp3) is 0.312. The van der Waals surface area contributed by atoms with Crippen molar-refractivity contribution in [3.63, 3.8) is 0 Å². The van der Waals surface area contributed by atoms with Gasteiger partial charge in [0.2, 0.25) is 11.0 Å². The zero-order valence-corrected chi connectivity index (χ0v) is 14.2. The Morgan fingerprint density at radius 1 is 1.21 bits per heavy atom. The quantitative estimate of drug-likeness (QED) is 0.924. The Hall–Kier alpha value is -2.61. The van der Waals surface area contributed by atoms with Crippen LogP contribution >= 0.6 is 11.3 Å². The average molecular weight is 343 g/mol. The maximum absolute atomic E-state index is 12.4. The molecule has 0 unspecified atom stereocenters. The van der Waals surface area contributed by atoms with E-state index >= 15 is 0 Å². The molecule has 2 amide bonds. The van der Waals surface area contributed by atoms with Crippen molar-refractivity contribution in [3.05, 3.63) is 35.3 Å². The number of hydrazone groups is 1. The van der Waals surface area contributed by atoms with E-state index in [2.05, 4.69) is 20.6 Å². The maximum Gasteiger partial charge on any atom is 0.273 e. The van der Waals surface area contributed by atoms with E-state index in [1.807, 2.05) is 32.0 Å². The second-order valence-electron chi connectivity index (χ2n) is 5.64. The normalized spacial score (nSPS) is 14.7. The standard InChI is InChI=1S/C16H17N5O2S/c1-10(2)15-18-19-16(24-15)17-14(23)12-8-9-13(22)21(20-12)11-6-4-3-5-7-11/h3-7,10H,8-9H2,1-2H3,(H,17,19,23). The van der Waals surface area contributed by atoms with Crippen LogP contribution in [0.1, 0.15) is 37.6 Å². The van der Waals surface area contributed by atoms with Crippen LogP contribution in [0.15, 0.2) is 35.4 Å². The van der Waals surface area contributed by atoms with Crippen molar-refractivity contribution in [3.8, 4) is 0 Å². The first-order valence-electron chi connectivity index (χ1n) is 7.65. The molecule has 2 aromatic rings. The van der Waals surface area contributed by atoms with Crippen LogP contribution in [0, 0.1) is 0 Å². The van der Waals surface area contributed by atoms with Crippen LogP contribution in [0.4, 0.5) is 10.8 Å². The predicted molar refractivity (Wildman–Crippen MR) is 93.2 cm³/mol. The van der Waals surface area contributed by atoms with E-state index in [0.29, 0.717) is 23.0 Å². The van der Waals surface area contributed by atoms with Crippen molar-refractivity contribution >= 4 is 39.7 Å². The Morgan fingerprint density at radius 2 is 1.96 bits per heavy atom. The van der Waals surface area contributed by atoms with E-state index in [0.717, 1.165) is 5.01 Å². The van der Waals surface area contributed by atoms with Gasteiger partial charge in [0.1, 0.15) is 10.7 Å². The lowest BCUT2D eigenvalue weighted by atomic mass is 10.1. The van der Waals surface area contributed by atoms with Crippen molar-refractivity contribution in [1.82, 2.24) is 10.2 Å². The molecule has 1 N–H and O–H groups in total. The fourth-order valence-electron chi connectivity index (χ4n) is 2.18. The zero-order valence-electron chi connectivity index (χ0n) is 13.4. The largest absolute Gasteiger partial charge is 0.295 e. The molecule has 0 saturated carbocycles. The van der Waals surface area contributed by atoms with Crippen LogP contribution in [0.25, 0.3) is 0 Å². The third-order valence-electron chi connectivity index (χ3n) is 3.45. The van der Waals surface area contributed by atoms with Crippen LogP contribution < -0.4 is 10.3 Å². The molecule has 1 aromatic carbocycles. The summed E-state index contributed by atoms with van der Waals surface area (Å²) in [5.74, 6) is -0.225. The molecule has 0 bridgehead atoms. The number of rotatable bonds is 4. The van der Waals surface area contributed by atoms with Crippen molar-refractivity contribution in [1.29, 1.82) is 0 Å². The summed E-state index contributed by atoms with van der Waals surface area (Å²) in [6.07, 6.45) is 0.554. The van der Waals surface area contributed by atoms with E-state index in [9.17, 15) is 9.59 Å². The highest BCUT2D eigenvalue weighted by atomic mass is 32.1. The highest BCUT2D eigenvalue weighted by Crippen LogP contribution is 2.23. The Balaban J connectivity index is 1.77. The Morgan fingerprint density at radius 3 is 2.62 bits per heavy atom. The maximum atomic E-state index is 12.4. The van der Waals surface area contributed by atoms with Gasteiger partial charge in [0, 0.05) is 18.8 Å². The van der Waals surface area contributed by atoms with Gasteiger partial charge in [-0.15, -0.1) is 10.2 Å². The van der Waals surface area contributed by atoms with E-state index < -0.39 is 0 Å². The van der Waals surface area contributed by atoms with Gasteiger partial charge in [-0.25, -0.2) is 5.01 Å². The monoisotopic (exact) mass is 343 g/mol. The van der Waals surface area contributed by atoms with Crippen LogP contribution in [-0.4, -0.2) is 27.7 Å². The molecule has 24 heavy (non-hydrogen) atoms. The number of hydrogen-bond acceptors (Lipinski definition) is 6. The molecular formula is C16H17N5O2S. The summed E-state index contributed by atoms with van der Waals surface area (Å²) in [6, 6.07) is 9.06. The summed E-state index contributed by atoms with van der Waals surface area (Å²) in [7, 11) is 0. The minimum absolute atomic E-state index is 0.129. The van der Waals surface area contributed by atoms with Crippen molar-refractivity contribution in [2.75, 3.05) is 10.3 Å². The first kappa shape index (κ1) is 16.3. The van der Waals surface area contributed by atoms with Gasteiger partial charge < -0.3 is 0 Å². The second-order valence-corrected chi connectivity index (χ2v) is 6.65. The van der Waals surface area contributed by atoms with Crippen molar-refractivity contribution in [2.45, 2.75) is 32.6 Å². The molecular weight excluding hydrogens is 326 g/mol. The highest BCUT2D eigenvalue weighted by Gasteiger charge is 2.26. The molecule has 0 aliphatic carbocycles. The van der Waals surface area contributed by atoms with Gasteiger partial charge >= 0.3 is 0 Å². The topological polar surface area (TPSA) is 87.6 Å². The Labute approximate surface area is 143 Å². The molecule has 1 aliphatic rings. The highest BCUT2D eigenvalue weighted by molar-refractivity contribution is 7.15. The number of aromatic nitrogens is 2. The van der Waals surface area contributed by atoms with Gasteiger partial charge in [-0.3, -0.25) is 14.9 Å². The van der Waals surface area contributed by atoms with E-state index in [-0.39, 0.29) is 24.2 Å². The average Bonchev–Trinajstić information content (AvgIpc) is 3.05. The third kappa shape index (κ3) is 3.48. The number of hydrogen-bond donors (Lipinski definition) is 1. The molecule has 0 fully saturated rings. The van der Waals surface area contributed by atoms with E-state index in [1.54, 1.807) is 12.1 Å². The molecule has 0 radical (unpaired) electrons. The van der Waals surface area contributed by atoms with Crippen LogP contribution in [-0.2, 0) is 9.59 Å². The smallest absolute Gasteiger partial charge is 0.273 e. The van der Waals surface area contributed by atoms with E-state index in [1.165, 1.54) is 16.3 Å². The van der Waals surface area contributed by atoms with Crippen LogP contribution in [0.2, 0.25) is 0 Å². The fourth-order valence-corrected chi connectivity index (χ4v) is 2.92. The molecule has 0 saturated heterocycles. The van der Waals surface area contributed by atoms with Gasteiger partial charge in [-0.05, 0) is 12.1 Å². The lowest BCUT2D eigenvalue weighted by molar-refractivity contribution is -0.118. The lowest BCUT2D eigenvalue weighted by Gasteiger charge is -2.22. The number of carbonyl (C=O) groups is 2.